The minimum absolute atomic E-state index is 0.454. The van der Waals surface area contributed by atoms with Gasteiger partial charge in [-0.25, -0.2) is 0 Å². The number of hydrogen-bond donors (Lipinski definition) is 0. The van der Waals surface area contributed by atoms with Gasteiger partial charge in [-0.15, -0.1) is 0 Å². The average Bonchev–Trinajstić information content (AvgIpc) is 2.48. The van der Waals surface area contributed by atoms with E-state index in [2.05, 4.69) is 88.7 Å². The first-order chi connectivity index (χ1) is 9.33. The SMILES string of the molecule is BrC1=CC(c2ccccc2)CC(c2ccccc2)=C1. The maximum absolute atomic E-state index is 3.65. The lowest BCUT2D eigenvalue weighted by Crippen LogP contribution is -2.02. The summed E-state index contributed by atoms with van der Waals surface area (Å²) >= 11 is 3.65. The van der Waals surface area contributed by atoms with Crippen molar-refractivity contribution in [1.82, 2.24) is 0 Å². The zero-order valence-electron chi connectivity index (χ0n) is 10.6. The lowest BCUT2D eigenvalue weighted by atomic mass is 9.85. The summed E-state index contributed by atoms with van der Waals surface area (Å²) in [4.78, 5) is 0. The molecule has 0 spiro atoms. The molecule has 0 saturated heterocycles. The fourth-order valence-corrected chi connectivity index (χ4v) is 3.12. The van der Waals surface area contributed by atoms with Crippen molar-refractivity contribution in [1.29, 1.82) is 0 Å². The molecule has 0 aliphatic heterocycles. The van der Waals surface area contributed by atoms with Gasteiger partial charge in [0.15, 0.2) is 0 Å². The Balaban J connectivity index is 1.92. The Morgan fingerprint density at radius 1 is 0.842 bits per heavy atom. The van der Waals surface area contributed by atoms with Crippen molar-refractivity contribution in [2.45, 2.75) is 12.3 Å². The molecule has 0 aromatic heterocycles. The molecule has 19 heavy (non-hydrogen) atoms. The Bertz CT molecular complexity index is 609. The third-order valence-corrected chi connectivity index (χ3v) is 3.98. The van der Waals surface area contributed by atoms with E-state index in [1.54, 1.807) is 0 Å². The molecule has 1 aliphatic rings. The molecule has 0 radical (unpaired) electrons. The fourth-order valence-electron chi connectivity index (χ4n) is 2.53. The second-order valence-corrected chi connectivity index (χ2v) is 5.72. The normalized spacial score (nSPS) is 18.7. The topological polar surface area (TPSA) is 0 Å². The second-order valence-electron chi connectivity index (χ2n) is 4.81. The monoisotopic (exact) mass is 310 g/mol. The van der Waals surface area contributed by atoms with Gasteiger partial charge in [0.2, 0.25) is 0 Å². The van der Waals surface area contributed by atoms with E-state index < -0.39 is 0 Å². The van der Waals surface area contributed by atoms with Crippen LogP contribution in [-0.2, 0) is 0 Å². The maximum Gasteiger partial charge on any atom is 0.0144 e. The van der Waals surface area contributed by atoms with Gasteiger partial charge in [0.05, 0.1) is 0 Å². The van der Waals surface area contributed by atoms with Crippen LogP contribution in [0.4, 0.5) is 0 Å². The van der Waals surface area contributed by atoms with E-state index in [0.29, 0.717) is 5.92 Å². The minimum atomic E-state index is 0.454. The van der Waals surface area contributed by atoms with E-state index in [4.69, 9.17) is 0 Å². The lowest BCUT2D eigenvalue weighted by molar-refractivity contribution is 0.866. The van der Waals surface area contributed by atoms with Gasteiger partial charge in [-0.2, -0.15) is 0 Å². The van der Waals surface area contributed by atoms with Crippen LogP contribution in [0.3, 0.4) is 0 Å². The molecule has 1 heteroatoms. The van der Waals surface area contributed by atoms with Crippen LogP contribution in [0.15, 0.2) is 77.3 Å². The summed E-state index contributed by atoms with van der Waals surface area (Å²) in [6.07, 6.45) is 5.58. The van der Waals surface area contributed by atoms with Crippen LogP contribution in [0.5, 0.6) is 0 Å². The number of allylic oxidation sites excluding steroid dienone is 4. The number of halogens is 1. The van der Waals surface area contributed by atoms with Crippen LogP contribution in [0.25, 0.3) is 5.57 Å². The van der Waals surface area contributed by atoms with E-state index in [1.807, 2.05) is 0 Å². The molecular weight excluding hydrogens is 296 g/mol. The van der Waals surface area contributed by atoms with Crippen LogP contribution < -0.4 is 0 Å². The van der Waals surface area contributed by atoms with Crippen LogP contribution in [0, 0.1) is 0 Å². The van der Waals surface area contributed by atoms with Crippen LogP contribution in [0.1, 0.15) is 23.5 Å². The molecule has 0 bridgehead atoms. The molecule has 0 saturated carbocycles. The second kappa shape index (κ2) is 5.58. The quantitative estimate of drug-likeness (QED) is 0.683. The summed E-state index contributed by atoms with van der Waals surface area (Å²) in [6.45, 7) is 0. The standard InChI is InChI=1S/C18H15Br/c19-18-12-16(14-7-3-1-4-8-14)11-17(13-18)15-9-5-2-6-10-15/h1-10,12-13,16H,11H2. The van der Waals surface area contributed by atoms with E-state index in [0.717, 1.165) is 6.42 Å². The summed E-state index contributed by atoms with van der Waals surface area (Å²) in [5.74, 6) is 0.454. The molecule has 3 rings (SSSR count). The first kappa shape index (κ1) is 12.4. The smallest absolute Gasteiger partial charge is 0.0144 e. The van der Waals surface area contributed by atoms with Gasteiger partial charge < -0.3 is 0 Å². The Labute approximate surface area is 122 Å². The predicted octanol–water partition coefficient (Wildman–Crippen LogP) is 5.54. The highest BCUT2D eigenvalue weighted by molar-refractivity contribution is 9.11. The van der Waals surface area contributed by atoms with Crippen LogP contribution >= 0.6 is 15.9 Å². The van der Waals surface area contributed by atoms with Gasteiger partial charge in [-0.1, -0.05) is 82.7 Å². The molecule has 0 fully saturated rings. The van der Waals surface area contributed by atoms with Crippen molar-refractivity contribution < 1.29 is 0 Å². The molecule has 2 aromatic carbocycles. The first-order valence-corrected chi connectivity index (χ1v) is 7.30. The highest BCUT2D eigenvalue weighted by Gasteiger charge is 2.16. The van der Waals surface area contributed by atoms with E-state index >= 15 is 0 Å². The summed E-state index contributed by atoms with van der Waals surface area (Å²) in [5, 5.41) is 0. The molecular formula is C18H15Br. The zero-order chi connectivity index (χ0) is 13.1. The van der Waals surface area contributed by atoms with Crippen molar-refractivity contribution in [2.24, 2.45) is 0 Å². The molecule has 94 valence electrons. The third-order valence-electron chi connectivity index (χ3n) is 3.48. The summed E-state index contributed by atoms with van der Waals surface area (Å²) in [5.41, 5.74) is 4.08. The maximum atomic E-state index is 3.65. The van der Waals surface area contributed by atoms with Crippen molar-refractivity contribution >= 4 is 21.5 Å². The van der Waals surface area contributed by atoms with Gasteiger partial charge in [0.1, 0.15) is 0 Å². The highest BCUT2D eigenvalue weighted by atomic mass is 79.9. The van der Waals surface area contributed by atoms with E-state index in [9.17, 15) is 0 Å². The predicted molar refractivity (Wildman–Crippen MR) is 85.2 cm³/mol. The Morgan fingerprint density at radius 3 is 2.16 bits per heavy atom. The first-order valence-electron chi connectivity index (χ1n) is 6.51. The molecule has 1 atom stereocenters. The van der Waals surface area contributed by atoms with Gasteiger partial charge in [0.25, 0.3) is 0 Å². The molecule has 0 N–H and O–H groups in total. The third kappa shape index (κ3) is 2.87. The molecule has 2 aromatic rings. The number of rotatable bonds is 2. The molecule has 0 heterocycles. The lowest BCUT2D eigenvalue weighted by Gasteiger charge is -2.21. The zero-order valence-corrected chi connectivity index (χ0v) is 12.2. The summed E-state index contributed by atoms with van der Waals surface area (Å²) in [7, 11) is 0. The molecule has 0 nitrogen and oxygen atoms in total. The molecule has 1 unspecified atom stereocenters. The van der Waals surface area contributed by atoms with Crippen molar-refractivity contribution in [3.63, 3.8) is 0 Å². The molecule has 0 amide bonds. The van der Waals surface area contributed by atoms with Crippen molar-refractivity contribution in [2.75, 3.05) is 0 Å². The Kier molecular flexibility index (Phi) is 3.65. The van der Waals surface area contributed by atoms with Crippen LogP contribution in [-0.4, -0.2) is 0 Å². The highest BCUT2D eigenvalue weighted by Crippen LogP contribution is 2.37. The van der Waals surface area contributed by atoms with Gasteiger partial charge in [-0.05, 0) is 29.2 Å². The minimum Gasteiger partial charge on any atom is -0.0624 e. The van der Waals surface area contributed by atoms with Crippen molar-refractivity contribution in [3.05, 3.63) is 88.4 Å². The Morgan fingerprint density at radius 2 is 1.47 bits per heavy atom. The van der Waals surface area contributed by atoms with Crippen LogP contribution in [0.2, 0.25) is 0 Å². The molecule has 1 aliphatic carbocycles. The van der Waals surface area contributed by atoms with Gasteiger partial charge >= 0.3 is 0 Å². The van der Waals surface area contributed by atoms with Gasteiger partial charge in [0, 0.05) is 10.4 Å². The Hall–Kier alpha value is -1.60. The number of benzene rings is 2. The largest absolute Gasteiger partial charge is 0.0624 e. The summed E-state index contributed by atoms with van der Waals surface area (Å²) in [6, 6.07) is 21.3. The van der Waals surface area contributed by atoms with Gasteiger partial charge in [-0.3, -0.25) is 0 Å². The van der Waals surface area contributed by atoms with E-state index in [1.165, 1.54) is 21.2 Å². The van der Waals surface area contributed by atoms with E-state index in [-0.39, 0.29) is 0 Å². The summed E-state index contributed by atoms with van der Waals surface area (Å²) < 4.78 is 1.17. The van der Waals surface area contributed by atoms with Crippen molar-refractivity contribution in [3.8, 4) is 0 Å². The fraction of sp³-hybridized carbons (Fsp3) is 0.111. The average molecular weight is 311 g/mol. The number of hydrogen-bond acceptors (Lipinski definition) is 0.